The molecule has 3 N–H and O–H groups in total. The molecule has 1 aliphatic rings. The lowest BCUT2D eigenvalue weighted by atomic mass is 9.99. The van der Waals surface area contributed by atoms with Crippen LogP contribution in [0.3, 0.4) is 0 Å². The number of hydrogen-bond acceptors (Lipinski definition) is 5. The van der Waals surface area contributed by atoms with Crippen molar-refractivity contribution < 1.29 is 5.11 Å². The fraction of sp³-hybridized carbons (Fsp3) is 0.692. The molecule has 1 aliphatic carbocycles. The van der Waals surface area contributed by atoms with E-state index in [0.29, 0.717) is 0 Å². The molecule has 0 spiro atoms. The van der Waals surface area contributed by atoms with Gasteiger partial charge in [0.25, 0.3) is 0 Å². The van der Waals surface area contributed by atoms with Gasteiger partial charge in [-0.1, -0.05) is 19.8 Å². The minimum absolute atomic E-state index is 0.154. The van der Waals surface area contributed by atoms with Gasteiger partial charge in [-0.15, -0.1) is 0 Å². The Morgan fingerprint density at radius 2 is 2.00 bits per heavy atom. The summed E-state index contributed by atoms with van der Waals surface area (Å²) in [7, 11) is 0. The zero-order valence-electron chi connectivity index (χ0n) is 10.9. The molecule has 0 bridgehead atoms. The van der Waals surface area contributed by atoms with Gasteiger partial charge in [-0.05, 0) is 19.3 Å². The van der Waals surface area contributed by atoms with E-state index in [1.807, 2.05) is 0 Å². The first-order chi connectivity index (χ1) is 8.78. The SMILES string of the molecule is CCCNc1cncc(NC2(CO)CCCC2)n1. The maximum absolute atomic E-state index is 9.56. The Morgan fingerprint density at radius 1 is 1.28 bits per heavy atom. The molecule has 0 aromatic carbocycles. The third-order valence-corrected chi connectivity index (χ3v) is 3.45. The van der Waals surface area contributed by atoms with Crippen molar-refractivity contribution in [3.63, 3.8) is 0 Å². The molecule has 1 fully saturated rings. The number of rotatable bonds is 6. The predicted octanol–water partition coefficient (Wildman–Crippen LogP) is 2.02. The van der Waals surface area contributed by atoms with Crippen molar-refractivity contribution in [3.05, 3.63) is 12.4 Å². The van der Waals surface area contributed by atoms with Crippen molar-refractivity contribution in [2.45, 2.75) is 44.6 Å². The van der Waals surface area contributed by atoms with E-state index in [0.717, 1.165) is 50.3 Å². The van der Waals surface area contributed by atoms with Gasteiger partial charge in [0.05, 0.1) is 24.5 Å². The van der Waals surface area contributed by atoms with Gasteiger partial charge in [0.2, 0.25) is 0 Å². The smallest absolute Gasteiger partial charge is 0.147 e. The molecular weight excluding hydrogens is 228 g/mol. The van der Waals surface area contributed by atoms with Gasteiger partial charge in [0, 0.05) is 6.54 Å². The van der Waals surface area contributed by atoms with Gasteiger partial charge in [0.15, 0.2) is 0 Å². The Labute approximate surface area is 108 Å². The first kappa shape index (κ1) is 13.1. The molecule has 0 saturated heterocycles. The molecule has 1 aromatic heterocycles. The fourth-order valence-corrected chi connectivity index (χ4v) is 2.41. The van der Waals surface area contributed by atoms with Crippen LogP contribution >= 0.6 is 0 Å². The lowest BCUT2D eigenvalue weighted by Gasteiger charge is -2.28. The summed E-state index contributed by atoms with van der Waals surface area (Å²) in [6.45, 7) is 3.16. The Morgan fingerprint density at radius 3 is 2.67 bits per heavy atom. The van der Waals surface area contributed by atoms with Crippen molar-refractivity contribution in [2.24, 2.45) is 0 Å². The number of anilines is 2. The predicted molar refractivity (Wildman–Crippen MR) is 72.7 cm³/mol. The van der Waals surface area contributed by atoms with Crippen LogP contribution in [0, 0.1) is 0 Å². The Balaban J connectivity index is 2.04. The molecule has 1 saturated carbocycles. The number of aromatic nitrogens is 2. The van der Waals surface area contributed by atoms with Gasteiger partial charge in [-0.2, -0.15) is 0 Å². The topological polar surface area (TPSA) is 70.1 Å². The number of hydrogen-bond donors (Lipinski definition) is 3. The summed E-state index contributed by atoms with van der Waals surface area (Å²) in [5.74, 6) is 1.53. The number of nitrogens with zero attached hydrogens (tertiary/aromatic N) is 2. The largest absolute Gasteiger partial charge is 0.394 e. The Hall–Kier alpha value is -1.36. The number of aliphatic hydroxyl groups excluding tert-OH is 1. The minimum Gasteiger partial charge on any atom is -0.394 e. The zero-order valence-corrected chi connectivity index (χ0v) is 10.9. The monoisotopic (exact) mass is 250 g/mol. The summed E-state index contributed by atoms with van der Waals surface area (Å²) < 4.78 is 0. The lowest BCUT2D eigenvalue weighted by molar-refractivity contribution is 0.214. The molecule has 2 rings (SSSR count). The van der Waals surface area contributed by atoms with Crippen molar-refractivity contribution in [1.29, 1.82) is 0 Å². The summed E-state index contributed by atoms with van der Waals surface area (Å²) in [4.78, 5) is 8.65. The summed E-state index contributed by atoms with van der Waals surface area (Å²) >= 11 is 0. The van der Waals surface area contributed by atoms with Crippen LogP contribution in [0.25, 0.3) is 0 Å². The summed E-state index contributed by atoms with van der Waals surface area (Å²) in [6.07, 6.45) is 8.81. The summed E-state index contributed by atoms with van der Waals surface area (Å²) in [5.41, 5.74) is -0.196. The molecule has 5 nitrogen and oxygen atoms in total. The lowest BCUT2D eigenvalue weighted by Crippen LogP contribution is -2.39. The average molecular weight is 250 g/mol. The summed E-state index contributed by atoms with van der Waals surface area (Å²) in [5, 5.41) is 16.1. The zero-order chi connectivity index (χ0) is 12.8. The van der Waals surface area contributed by atoms with E-state index in [2.05, 4.69) is 27.5 Å². The molecule has 1 heterocycles. The highest BCUT2D eigenvalue weighted by molar-refractivity contribution is 5.43. The van der Waals surface area contributed by atoms with Crippen LogP contribution in [0.15, 0.2) is 12.4 Å². The fourth-order valence-electron chi connectivity index (χ4n) is 2.41. The highest BCUT2D eigenvalue weighted by Gasteiger charge is 2.33. The summed E-state index contributed by atoms with van der Waals surface area (Å²) in [6, 6.07) is 0. The second-order valence-electron chi connectivity index (χ2n) is 4.99. The third-order valence-electron chi connectivity index (χ3n) is 3.45. The van der Waals surface area contributed by atoms with E-state index in [9.17, 15) is 5.11 Å². The van der Waals surface area contributed by atoms with E-state index in [1.165, 1.54) is 0 Å². The minimum atomic E-state index is -0.196. The van der Waals surface area contributed by atoms with Crippen LogP contribution in [0.1, 0.15) is 39.0 Å². The van der Waals surface area contributed by atoms with Crippen molar-refractivity contribution >= 4 is 11.6 Å². The highest BCUT2D eigenvalue weighted by atomic mass is 16.3. The quantitative estimate of drug-likeness (QED) is 0.720. The van der Waals surface area contributed by atoms with Gasteiger partial charge < -0.3 is 15.7 Å². The van der Waals surface area contributed by atoms with Crippen LogP contribution in [-0.4, -0.2) is 33.8 Å². The van der Waals surface area contributed by atoms with Gasteiger partial charge in [-0.25, -0.2) is 4.98 Å². The first-order valence-electron chi connectivity index (χ1n) is 6.73. The van der Waals surface area contributed by atoms with E-state index in [1.54, 1.807) is 12.4 Å². The molecular formula is C13H22N4O. The van der Waals surface area contributed by atoms with Crippen molar-refractivity contribution in [2.75, 3.05) is 23.8 Å². The average Bonchev–Trinajstić information content (AvgIpc) is 2.86. The van der Waals surface area contributed by atoms with Crippen molar-refractivity contribution in [1.82, 2.24) is 9.97 Å². The van der Waals surface area contributed by atoms with Crippen LogP contribution in [0.5, 0.6) is 0 Å². The number of nitrogens with one attached hydrogen (secondary N) is 2. The molecule has 0 unspecified atom stereocenters. The van der Waals surface area contributed by atoms with Crippen molar-refractivity contribution in [3.8, 4) is 0 Å². The molecule has 5 heteroatoms. The van der Waals surface area contributed by atoms with Crippen LogP contribution in [0.4, 0.5) is 11.6 Å². The van der Waals surface area contributed by atoms with Gasteiger partial charge in [0.1, 0.15) is 11.6 Å². The molecule has 1 aromatic rings. The van der Waals surface area contributed by atoms with Crippen LogP contribution in [0.2, 0.25) is 0 Å². The molecule has 100 valence electrons. The molecule has 18 heavy (non-hydrogen) atoms. The van der Waals surface area contributed by atoms with E-state index >= 15 is 0 Å². The Bertz CT molecular complexity index is 377. The molecule has 0 amide bonds. The van der Waals surface area contributed by atoms with E-state index in [-0.39, 0.29) is 12.1 Å². The van der Waals surface area contributed by atoms with Crippen LogP contribution in [-0.2, 0) is 0 Å². The first-order valence-corrected chi connectivity index (χ1v) is 6.73. The van der Waals surface area contributed by atoms with Gasteiger partial charge in [-0.3, -0.25) is 4.98 Å². The van der Waals surface area contributed by atoms with Gasteiger partial charge >= 0.3 is 0 Å². The van der Waals surface area contributed by atoms with E-state index < -0.39 is 0 Å². The third kappa shape index (κ3) is 3.10. The number of aliphatic hydroxyl groups is 1. The Kier molecular flexibility index (Phi) is 4.36. The van der Waals surface area contributed by atoms with Crippen LogP contribution < -0.4 is 10.6 Å². The maximum atomic E-state index is 9.56. The molecule has 0 aliphatic heterocycles. The second kappa shape index (κ2) is 6.00. The van der Waals surface area contributed by atoms with E-state index in [4.69, 9.17) is 0 Å². The normalized spacial score (nSPS) is 17.7. The standard InChI is InChI=1S/C13H22N4O/c1-2-7-15-11-8-14-9-12(16-11)17-13(10-18)5-3-4-6-13/h8-9,18H,2-7,10H2,1H3,(H2,15,16,17). The molecule has 0 atom stereocenters. The second-order valence-corrected chi connectivity index (χ2v) is 4.99. The maximum Gasteiger partial charge on any atom is 0.147 e. The highest BCUT2D eigenvalue weighted by Crippen LogP contribution is 2.32. The molecule has 0 radical (unpaired) electrons.